The Kier molecular flexibility index (Phi) is 4.88. The number of carbonyl (C=O) groups excluding carboxylic acids is 1. The van der Waals surface area contributed by atoms with Gasteiger partial charge in [0.05, 0.1) is 17.4 Å². The summed E-state index contributed by atoms with van der Waals surface area (Å²) in [4.78, 5) is 12.3. The molecule has 1 aromatic heterocycles. The second-order valence-corrected chi connectivity index (χ2v) is 5.84. The second kappa shape index (κ2) is 6.99. The first kappa shape index (κ1) is 18.8. The Morgan fingerprint density at radius 2 is 1.74 bits per heavy atom. The van der Waals surface area contributed by atoms with Crippen molar-refractivity contribution in [3.8, 4) is 5.69 Å². The minimum Gasteiger partial charge on any atom is -0.322 e. The van der Waals surface area contributed by atoms with Gasteiger partial charge < -0.3 is 5.32 Å². The number of nitrogens with one attached hydrogen (secondary N) is 1. The van der Waals surface area contributed by atoms with Gasteiger partial charge in [-0.3, -0.25) is 4.79 Å². The molecule has 0 atom stereocenters. The van der Waals surface area contributed by atoms with Crippen molar-refractivity contribution in [1.82, 2.24) is 9.78 Å². The van der Waals surface area contributed by atoms with Crippen LogP contribution in [0.2, 0.25) is 5.02 Å². The fourth-order valence-electron chi connectivity index (χ4n) is 2.42. The quantitative estimate of drug-likeness (QED) is 0.622. The Balaban J connectivity index is 2.04. The van der Waals surface area contributed by atoms with Crippen molar-refractivity contribution in [3.05, 3.63) is 76.6 Å². The third-order valence-electron chi connectivity index (χ3n) is 3.46. The molecule has 3 rings (SSSR count). The number of halogens is 6. The fraction of sp³-hybridized carbons (Fsp3) is 0.0588. The summed E-state index contributed by atoms with van der Waals surface area (Å²) >= 11 is 5.79. The molecule has 0 bridgehead atoms. The normalized spacial score (nSPS) is 11.5. The molecule has 140 valence electrons. The summed E-state index contributed by atoms with van der Waals surface area (Å²) < 4.78 is 67.6. The molecule has 1 N–H and O–H groups in total. The van der Waals surface area contributed by atoms with E-state index in [-0.39, 0.29) is 16.4 Å². The molecule has 4 nitrogen and oxygen atoms in total. The lowest BCUT2D eigenvalue weighted by Gasteiger charge is -2.13. The first-order chi connectivity index (χ1) is 12.6. The molecule has 10 heteroatoms. The van der Waals surface area contributed by atoms with Crippen molar-refractivity contribution >= 4 is 23.2 Å². The van der Waals surface area contributed by atoms with E-state index in [9.17, 15) is 26.7 Å². The number of rotatable bonds is 3. The van der Waals surface area contributed by atoms with Gasteiger partial charge in [-0.15, -0.1) is 0 Å². The van der Waals surface area contributed by atoms with Crippen LogP contribution >= 0.6 is 11.6 Å². The first-order valence-electron chi connectivity index (χ1n) is 7.34. The molecule has 1 heterocycles. The van der Waals surface area contributed by atoms with E-state index in [0.717, 1.165) is 12.1 Å². The summed E-state index contributed by atoms with van der Waals surface area (Å²) in [6.45, 7) is 0. The van der Waals surface area contributed by atoms with E-state index < -0.39 is 35.0 Å². The van der Waals surface area contributed by atoms with Crippen LogP contribution < -0.4 is 5.32 Å². The Morgan fingerprint density at radius 1 is 1.07 bits per heavy atom. The number of nitrogens with zero attached hydrogens (tertiary/aromatic N) is 2. The second-order valence-electron chi connectivity index (χ2n) is 5.41. The van der Waals surface area contributed by atoms with Gasteiger partial charge in [0, 0.05) is 16.8 Å². The molecular weight excluding hydrogens is 393 g/mol. The van der Waals surface area contributed by atoms with Gasteiger partial charge in [-0.1, -0.05) is 17.7 Å². The van der Waals surface area contributed by atoms with Gasteiger partial charge in [0.15, 0.2) is 5.69 Å². The molecule has 2 aromatic carbocycles. The molecule has 0 aliphatic heterocycles. The average molecular weight is 402 g/mol. The molecule has 1 amide bonds. The lowest BCUT2D eigenvalue weighted by atomic mass is 10.2. The van der Waals surface area contributed by atoms with Crippen LogP contribution in [-0.2, 0) is 6.18 Å². The van der Waals surface area contributed by atoms with Crippen LogP contribution in [0.25, 0.3) is 5.69 Å². The molecule has 0 saturated carbocycles. The molecule has 0 fully saturated rings. The minimum absolute atomic E-state index is 0.00863. The van der Waals surface area contributed by atoms with Crippen LogP contribution in [0.3, 0.4) is 0 Å². The fourth-order valence-corrected chi connectivity index (χ4v) is 2.60. The maximum absolute atomic E-state index is 13.6. The zero-order valence-electron chi connectivity index (χ0n) is 13.2. The Labute approximate surface area is 154 Å². The summed E-state index contributed by atoms with van der Waals surface area (Å²) in [5.74, 6) is -3.20. The number of amides is 1. The molecule has 0 radical (unpaired) electrons. The number of hydrogen-bond acceptors (Lipinski definition) is 2. The van der Waals surface area contributed by atoms with Crippen LogP contribution in [0.4, 0.5) is 27.6 Å². The third-order valence-corrected chi connectivity index (χ3v) is 3.69. The van der Waals surface area contributed by atoms with Gasteiger partial charge in [-0.25, -0.2) is 13.5 Å². The maximum atomic E-state index is 13.6. The third kappa shape index (κ3) is 4.08. The van der Waals surface area contributed by atoms with E-state index in [1.54, 1.807) is 0 Å². The minimum atomic E-state index is -4.93. The van der Waals surface area contributed by atoms with Crippen LogP contribution in [0.15, 0.2) is 48.7 Å². The largest absolute Gasteiger partial charge is 0.434 e. The Morgan fingerprint density at radius 3 is 2.33 bits per heavy atom. The smallest absolute Gasteiger partial charge is 0.322 e. The van der Waals surface area contributed by atoms with Gasteiger partial charge >= 0.3 is 6.18 Å². The van der Waals surface area contributed by atoms with E-state index in [1.165, 1.54) is 24.3 Å². The number of carbonyl (C=O) groups is 1. The van der Waals surface area contributed by atoms with Gasteiger partial charge in [-0.2, -0.15) is 18.3 Å². The summed E-state index contributed by atoms with van der Waals surface area (Å²) in [7, 11) is 0. The standard InChI is InChI=1S/C17H9ClF5N3O/c18-9-2-1-3-13(4-9)26-15(17(21,22)23)14(8-24-26)16(27)25-12-6-10(19)5-11(20)7-12/h1-8H,(H,25,27). The topological polar surface area (TPSA) is 46.9 Å². The lowest BCUT2D eigenvalue weighted by molar-refractivity contribution is -0.143. The van der Waals surface area contributed by atoms with Crippen molar-refractivity contribution < 1.29 is 26.7 Å². The monoisotopic (exact) mass is 401 g/mol. The summed E-state index contributed by atoms with van der Waals surface area (Å²) in [6, 6.07) is 7.58. The highest BCUT2D eigenvalue weighted by molar-refractivity contribution is 6.30. The van der Waals surface area contributed by atoms with Crippen molar-refractivity contribution in [2.45, 2.75) is 6.18 Å². The molecular formula is C17H9ClF5N3O. The maximum Gasteiger partial charge on any atom is 0.434 e. The number of benzene rings is 2. The van der Waals surface area contributed by atoms with Crippen LogP contribution in [0.1, 0.15) is 16.1 Å². The SMILES string of the molecule is O=C(Nc1cc(F)cc(F)c1)c1cnn(-c2cccc(Cl)c2)c1C(F)(F)F. The number of hydrogen-bond donors (Lipinski definition) is 1. The van der Waals surface area contributed by atoms with Crippen LogP contribution in [0, 0.1) is 11.6 Å². The Bertz CT molecular complexity index is 996. The van der Waals surface area contributed by atoms with E-state index in [0.29, 0.717) is 16.9 Å². The van der Waals surface area contributed by atoms with Crippen LogP contribution in [-0.4, -0.2) is 15.7 Å². The van der Waals surface area contributed by atoms with Crippen molar-refractivity contribution in [2.24, 2.45) is 0 Å². The molecule has 3 aromatic rings. The first-order valence-corrected chi connectivity index (χ1v) is 7.71. The molecule has 0 unspecified atom stereocenters. The number of alkyl halides is 3. The Hall–Kier alpha value is -2.94. The molecule has 0 aliphatic carbocycles. The predicted molar refractivity (Wildman–Crippen MR) is 87.9 cm³/mol. The van der Waals surface area contributed by atoms with Gasteiger partial charge in [-0.05, 0) is 30.3 Å². The highest BCUT2D eigenvalue weighted by atomic mass is 35.5. The zero-order chi connectivity index (χ0) is 19.8. The molecule has 0 aliphatic rings. The van der Waals surface area contributed by atoms with E-state index >= 15 is 0 Å². The zero-order valence-corrected chi connectivity index (χ0v) is 13.9. The average Bonchev–Trinajstić information content (AvgIpc) is 2.99. The predicted octanol–water partition coefficient (Wildman–Crippen LogP) is 5.08. The summed E-state index contributed by atoms with van der Waals surface area (Å²) in [6.07, 6.45) is -4.21. The molecule has 0 spiro atoms. The summed E-state index contributed by atoms with van der Waals surface area (Å²) in [5.41, 5.74) is -2.50. The van der Waals surface area contributed by atoms with E-state index in [2.05, 4.69) is 5.10 Å². The molecule has 27 heavy (non-hydrogen) atoms. The number of anilines is 1. The van der Waals surface area contributed by atoms with E-state index in [4.69, 9.17) is 11.6 Å². The highest BCUT2D eigenvalue weighted by Crippen LogP contribution is 2.34. The van der Waals surface area contributed by atoms with Crippen LogP contribution in [0.5, 0.6) is 0 Å². The van der Waals surface area contributed by atoms with Crippen molar-refractivity contribution in [1.29, 1.82) is 0 Å². The van der Waals surface area contributed by atoms with Gasteiger partial charge in [0.2, 0.25) is 0 Å². The lowest BCUT2D eigenvalue weighted by Crippen LogP contribution is -2.20. The van der Waals surface area contributed by atoms with Gasteiger partial charge in [0.25, 0.3) is 5.91 Å². The molecule has 0 saturated heterocycles. The number of aromatic nitrogens is 2. The summed E-state index contributed by atoms with van der Waals surface area (Å²) in [5, 5.41) is 5.83. The van der Waals surface area contributed by atoms with E-state index in [1.807, 2.05) is 5.32 Å². The van der Waals surface area contributed by atoms with Crippen molar-refractivity contribution in [3.63, 3.8) is 0 Å². The van der Waals surface area contributed by atoms with Gasteiger partial charge in [0.1, 0.15) is 11.6 Å². The highest BCUT2D eigenvalue weighted by Gasteiger charge is 2.40. The van der Waals surface area contributed by atoms with Crippen molar-refractivity contribution in [2.75, 3.05) is 5.32 Å².